The Hall–Kier alpha value is -2.02. The molecule has 0 spiro atoms. The molecule has 4 heteroatoms. The molecule has 0 aromatic heterocycles. The lowest BCUT2D eigenvalue weighted by Gasteiger charge is -2.08. The van der Waals surface area contributed by atoms with E-state index >= 15 is 0 Å². The number of benzene rings is 1. The summed E-state index contributed by atoms with van der Waals surface area (Å²) in [4.78, 5) is 12.0. The maximum absolute atomic E-state index is 12.0. The molecular formula is C14H13NO3. The van der Waals surface area contributed by atoms with E-state index in [1.807, 2.05) is 0 Å². The Morgan fingerprint density at radius 2 is 2.17 bits per heavy atom. The fraction of sp³-hybridized carbons (Fsp3) is 0.429. The first kappa shape index (κ1) is 11.1. The number of carbonyl (C=O) groups is 1. The highest BCUT2D eigenvalue weighted by Gasteiger charge is 2.30. The van der Waals surface area contributed by atoms with Crippen molar-refractivity contribution < 1.29 is 14.3 Å². The third-order valence-corrected chi connectivity index (χ3v) is 3.37. The molecular weight excluding hydrogens is 230 g/mol. The highest BCUT2D eigenvalue weighted by Crippen LogP contribution is 2.37. The number of ketones is 1. The van der Waals surface area contributed by atoms with Crippen LogP contribution < -0.4 is 9.47 Å². The van der Waals surface area contributed by atoms with Crippen LogP contribution in [0.2, 0.25) is 0 Å². The van der Waals surface area contributed by atoms with Gasteiger partial charge in [-0.1, -0.05) is 6.07 Å². The number of nitrogens with zero attached hydrogens (tertiary/aromatic N) is 1. The molecule has 0 N–H and O–H groups in total. The summed E-state index contributed by atoms with van der Waals surface area (Å²) in [6.45, 7) is 0.200. The average molecular weight is 243 g/mol. The van der Waals surface area contributed by atoms with Gasteiger partial charge in [-0.05, 0) is 36.5 Å². The van der Waals surface area contributed by atoms with Crippen LogP contribution in [0.25, 0.3) is 0 Å². The summed E-state index contributed by atoms with van der Waals surface area (Å²) in [5.41, 5.74) is 0.701. The Balaban J connectivity index is 1.82. The minimum Gasteiger partial charge on any atom is -0.454 e. The van der Waals surface area contributed by atoms with Gasteiger partial charge in [-0.2, -0.15) is 5.26 Å². The highest BCUT2D eigenvalue weighted by molar-refractivity contribution is 5.89. The van der Waals surface area contributed by atoms with E-state index in [1.165, 1.54) is 0 Å². The van der Waals surface area contributed by atoms with Gasteiger partial charge in [0, 0.05) is 6.42 Å². The van der Waals surface area contributed by atoms with Gasteiger partial charge in [0.05, 0.1) is 6.07 Å². The van der Waals surface area contributed by atoms with Crippen LogP contribution in [0, 0.1) is 17.2 Å². The van der Waals surface area contributed by atoms with Crippen molar-refractivity contribution in [3.63, 3.8) is 0 Å². The van der Waals surface area contributed by atoms with Crippen LogP contribution in [-0.2, 0) is 4.79 Å². The van der Waals surface area contributed by atoms with E-state index in [4.69, 9.17) is 9.47 Å². The molecule has 0 radical (unpaired) electrons. The Morgan fingerprint density at radius 3 is 2.89 bits per heavy atom. The van der Waals surface area contributed by atoms with Crippen LogP contribution in [0.1, 0.15) is 30.7 Å². The molecule has 1 unspecified atom stereocenters. The third-order valence-electron chi connectivity index (χ3n) is 3.37. The van der Waals surface area contributed by atoms with Gasteiger partial charge < -0.3 is 9.47 Å². The number of Topliss-reactive ketones (excluding diaryl/α,β-unsaturated/α-hetero) is 1. The second kappa shape index (κ2) is 4.34. The van der Waals surface area contributed by atoms with E-state index < -0.39 is 5.92 Å². The van der Waals surface area contributed by atoms with E-state index in [-0.39, 0.29) is 12.6 Å². The number of hydrogen-bond acceptors (Lipinski definition) is 4. The van der Waals surface area contributed by atoms with Gasteiger partial charge in [-0.15, -0.1) is 0 Å². The molecule has 1 aliphatic heterocycles. The van der Waals surface area contributed by atoms with Crippen molar-refractivity contribution in [2.75, 3.05) is 6.79 Å². The molecule has 1 aromatic rings. The summed E-state index contributed by atoms with van der Waals surface area (Å²) in [6.07, 6.45) is 2.75. The van der Waals surface area contributed by atoms with Crippen molar-refractivity contribution in [1.82, 2.24) is 0 Å². The monoisotopic (exact) mass is 243 g/mol. The van der Waals surface area contributed by atoms with Gasteiger partial charge in [0.1, 0.15) is 5.92 Å². The van der Waals surface area contributed by atoms with Gasteiger partial charge in [0.15, 0.2) is 17.3 Å². The van der Waals surface area contributed by atoms with Crippen LogP contribution in [0.4, 0.5) is 0 Å². The van der Waals surface area contributed by atoms with Crippen molar-refractivity contribution in [3.8, 4) is 17.6 Å². The third kappa shape index (κ3) is 2.04. The number of rotatable bonds is 4. The topological polar surface area (TPSA) is 59.3 Å². The molecule has 1 saturated carbocycles. The van der Waals surface area contributed by atoms with Crippen LogP contribution in [0.3, 0.4) is 0 Å². The van der Waals surface area contributed by atoms with E-state index in [2.05, 4.69) is 6.07 Å². The first-order valence-corrected chi connectivity index (χ1v) is 6.10. The van der Waals surface area contributed by atoms with Crippen molar-refractivity contribution in [3.05, 3.63) is 23.8 Å². The molecule has 1 atom stereocenters. The fourth-order valence-corrected chi connectivity index (χ4v) is 2.15. The zero-order chi connectivity index (χ0) is 12.5. The summed E-state index contributed by atoms with van der Waals surface area (Å²) < 4.78 is 10.5. The minimum absolute atomic E-state index is 0.0128. The van der Waals surface area contributed by atoms with Crippen LogP contribution in [0.5, 0.6) is 11.5 Å². The van der Waals surface area contributed by atoms with Gasteiger partial charge in [-0.3, -0.25) is 4.79 Å². The molecule has 1 aromatic carbocycles. The molecule has 18 heavy (non-hydrogen) atoms. The van der Waals surface area contributed by atoms with Crippen LogP contribution >= 0.6 is 0 Å². The zero-order valence-electron chi connectivity index (χ0n) is 9.89. The lowest BCUT2D eigenvalue weighted by Crippen LogP contribution is -2.11. The van der Waals surface area contributed by atoms with Gasteiger partial charge in [-0.25, -0.2) is 0 Å². The van der Waals surface area contributed by atoms with Crippen molar-refractivity contribution in [1.29, 1.82) is 5.26 Å². The average Bonchev–Trinajstić information content (AvgIpc) is 3.05. The van der Waals surface area contributed by atoms with Gasteiger partial charge in [0.2, 0.25) is 6.79 Å². The maximum Gasteiger partial charge on any atom is 0.231 e. The molecule has 2 aliphatic rings. The SMILES string of the molecule is N#CC(C(=O)CC1CC1)c1ccc2c(c1)OCO2. The second-order valence-corrected chi connectivity index (χ2v) is 4.79. The summed E-state index contributed by atoms with van der Waals surface area (Å²) >= 11 is 0. The largest absolute Gasteiger partial charge is 0.454 e. The molecule has 1 aliphatic carbocycles. The molecule has 0 amide bonds. The van der Waals surface area contributed by atoms with E-state index in [9.17, 15) is 10.1 Å². The molecule has 92 valence electrons. The number of fused-ring (bicyclic) bond motifs is 1. The molecule has 0 saturated heterocycles. The Bertz CT molecular complexity index is 528. The predicted molar refractivity (Wildman–Crippen MR) is 63.3 cm³/mol. The van der Waals surface area contributed by atoms with E-state index in [1.54, 1.807) is 18.2 Å². The van der Waals surface area contributed by atoms with Gasteiger partial charge >= 0.3 is 0 Å². The Labute approximate surface area is 105 Å². The molecule has 0 bridgehead atoms. The summed E-state index contributed by atoms with van der Waals surface area (Å²) in [5.74, 6) is 1.12. The molecule has 4 nitrogen and oxygen atoms in total. The van der Waals surface area contributed by atoms with E-state index in [0.717, 1.165) is 12.8 Å². The van der Waals surface area contributed by atoms with Gasteiger partial charge in [0.25, 0.3) is 0 Å². The number of carbonyl (C=O) groups excluding carboxylic acids is 1. The number of nitriles is 1. The molecule has 1 fully saturated rings. The second-order valence-electron chi connectivity index (χ2n) is 4.79. The Kier molecular flexibility index (Phi) is 2.67. The van der Waals surface area contributed by atoms with Crippen LogP contribution in [-0.4, -0.2) is 12.6 Å². The summed E-state index contributed by atoms with van der Waals surface area (Å²) in [6, 6.07) is 7.36. The van der Waals surface area contributed by atoms with Crippen molar-refractivity contribution in [2.24, 2.45) is 5.92 Å². The smallest absolute Gasteiger partial charge is 0.231 e. The lowest BCUT2D eigenvalue weighted by molar-refractivity contribution is -0.119. The molecule has 1 heterocycles. The lowest BCUT2D eigenvalue weighted by atomic mass is 9.93. The fourth-order valence-electron chi connectivity index (χ4n) is 2.15. The molecule has 3 rings (SSSR count). The van der Waals surface area contributed by atoms with Crippen LogP contribution in [0.15, 0.2) is 18.2 Å². The van der Waals surface area contributed by atoms with Crippen molar-refractivity contribution in [2.45, 2.75) is 25.2 Å². The number of hydrogen-bond donors (Lipinski definition) is 0. The minimum atomic E-state index is -0.680. The zero-order valence-corrected chi connectivity index (χ0v) is 9.89. The summed E-state index contributed by atoms with van der Waals surface area (Å²) in [7, 11) is 0. The first-order valence-electron chi connectivity index (χ1n) is 6.10. The first-order chi connectivity index (χ1) is 8.78. The summed E-state index contributed by atoms with van der Waals surface area (Å²) in [5, 5.41) is 9.19. The normalized spacial score (nSPS) is 18.2. The standard InChI is InChI=1S/C14H13NO3/c15-7-11(12(16)5-9-1-2-9)10-3-4-13-14(6-10)18-8-17-13/h3-4,6,9,11H,1-2,5,8H2. The van der Waals surface area contributed by atoms with E-state index in [0.29, 0.717) is 29.4 Å². The highest BCUT2D eigenvalue weighted by atomic mass is 16.7. The van der Waals surface area contributed by atoms with Crippen molar-refractivity contribution >= 4 is 5.78 Å². The number of ether oxygens (including phenoxy) is 2. The quantitative estimate of drug-likeness (QED) is 0.814. The Morgan fingerprint density at radius 1 is 1.39 bits per heavy atom. The maximum atomic E-state index is 12.0. The predicted octanol–water partition coefficient (Wildman–Crippen LogP) is 2.39.